The minimum Gasteiger partial charge on any atom is -0.465 e. The summed E-state index contributed by atoms with van der Waals surface area (Å²) < 4.78 is 4.62. The van der Waals surface area contributed by atoms with Gasteiger partial charge in [0.25, 0.3) is 0 Å². The highest BCUT2D eigenvalue weighted by molar-refractivity contribution is 6.31. The van der Waals surface area contributed by atoms with Crippen LogP contribution in [-0.4, -0.2) is 25.5 Å². The van der Waals surface area contributed by atoms with Gasteiger partial charge in [0, 0.05) is 16.4 Å². The van der Waals surface area contributed by atoms with Gasteiger partial charge in [-0.1, -0.05) is 17.7 Å². The van der Waals surface area contributed by atoms with Crippen molar-refractivity contribution in [1.29, 1.82) is 0 Å². The molecule has 6 heteroatoms. The molecule has 0 radical (unpaired) electrons. The molecule has 5 nitrogen and oxygen atoms in total. The van der Waals surface area contributed by atoms with Gasteiger partial charge < -0.3 is 15.4 Å². The Morgan fingerprint density at radius 3 is 2.35 bits per heavy atom. The minimum absolute atomic E-state index is 0.100. The van der Waals surface area contributed by atoms with Crippen LogP contribution in [0.15, 0.2) is 42.5 Å². The van der Waals surface area contributed by atoms with E-state index in [1.807, 2.05) is 13.0 Å². The summed E-state index contributed by atoms with van der Waals surface area (Å²) in [6, 6.07) is 12.0. The van der Waals surface area contributed by atoms with Crippen molar-refractivity contribution in [3.63, 3.8) is 0 Å². The smallest absolute Gasteiger partial charge is 0.337 e. The fourth-order valence-electron chi connectivity index (χ4n) is 1.90. The van der Waals surface area contributed by atoms with Gasteiger partial charge in [-0.05, 0) is 48.9 Å². The monoisotopic (exact) mass is 332 g/mol. The van der Waals surface area contributed by atoms with Crippen LogP contribution in [0.25, 0.3) is 0 Å². The molecule has 0 heterocycles. The molecule has 0 aliphatic rings. The van der Waals surface area contributed by atoms with Crippen LogP contribution in [0, 0.1) is 6.92 Å². The molecule has 0 saturated carbocycles. The van der Waals surface area contributed by atoms with Crippen LogP contribution < -0.4 is 10.6 Å². The largest absolute Gasteiger partial charge is 0.465 e. The van der Waals surface area contributed by atoms with Crippen molar-refractivity contribution in [1.82, 2.24) is 0 Å². The Morgan fingerprint density at radius 2 is 1.74 bits per heavy atom. The molecule has 2 rings (SSSR count). The van der Waals surface area contributed by atoms with Crippen molar-refractivity contribution in [2.45, 2.75) is 6.92 Å². The van der Waals surface area contributed by atoms with Gasteiger partial charge in [-0.2, -0.15) is 0 Å². The van der Waals surface area contributed by atoms with Crippen LogP contribution in [0.4, 0.5) is 11.4 Å². The molecule has 0 unspecified atom stereocenters. The summed E-state index contributed by atoms with van der Waals surface area (Å²) in [4.78, 5) is 23.2. The van der Waals surface area contributed by atoms with E-state index in [9.17, 15) is 9.59 Å². The van der Waals surface area contributed by atoms with E-state index in [1.165, 1.54) is 7.11 Å². The summed E-state index contributed by atoms with van der Waals surface area (Å²) >= 11 is 6.02. The van der Waals surface area contributed by atoms with E-state index in [0.29, 0.717) is 16.3 Å². The average Bonchev–Trinajstić information content (AvgIpc) is 2.56. The van der Waals surface area contributed by atoms with Crippen LogP contribution in [-0.2, 0) is 9.53 Å². The number of esters is 1. The van der Waals surface area contributed by atoms with Gasteiger partial charge in [-0.3, -0.25) is 4.79 Å². The van der Waals surface area contributed by atoms with Gasteiger partial charge in [0.05, 0.1) is 19.2 Å². The van der Waals surface area contributed by atoms with E-state index >= 15 is 0 Å². The number of ether oxygens (including phenoxy) is 1. The van der Waals surface area contributed by atoms with Gasteiger partial charge in [-0.25, -0.2) is 4.79 Å². The lowest BCUT2D eigenvalue weighted by Crippen LogP contribution is -2.21. The Kier molecular flexibility index (Phi) is 5.60. The molecule has 0 aliphatic heterocycles. The summed E-state index contributed by atoms with van der Waals surface area (Å²) in [5.41, 5.74) is 2.79. The molecule has 0 fully saturated rings. The predicted octanol–water partition coefficient (Wildman–Crippen LogP) is 3.49. The zero-order chi connectivity index (χ0) is 16.8. The first-order chi connectivity index (χ1) is 11.0. The Morgan fingerprint density at radius 1 is 1.09 bits per heavy atom. The van der Waals surface area contributed by atoms with Gasteiger partial charge in [0.15, 0.2) is 0 Å². The lowest BCUT2D eigenvalue weighted by molar-refractivity contribution is -0.114. The Bertz CT molecular complexity index is 714. The van der Waals surface area contributed by atoms with Crippen LogP contribution in [0.2, 0.25) is 5.02 Å². The Balaban J connectivity index is 1.88. The summed E-state index contributed by atoms with van der Waals surface area (Å²) in [6.45, 7) is 2.00. The first-order valence-electron chi connectivity index (χ1n) is 6.98. The molecule has 23 heavy (non-hydrogen) atoms. The fraction of sp³-hybridized carbons (Fsp3) is 0.176. The van der Waals surface area contributed by atoms with Crippen molar-refractivity contribution in [2.75, 3.05) is 24.3 Å². The normalized spacial score (nSPS) is 10.0. The lowest BCUT2D eigenvalue weighted by Gasteiger charge is -2.09. The van der Waals surface area contributed by atoms with Gasteiger partial charge in [-0.15, -0.1) is 0 Å². The molecule has 1 amide bonds. The molecule has 2 aromatic carbocycles. The second-order valence-corrected chi connectivity index (χ2v) is 5.34. The number of amides is 1. The first kappa shape index (κ1) is 16.8. The Labute approximate surface area is 139 Å². The average molecular weight is 333 g/mol. The third-order valence-corrected chi connectivity index (χ3v) is 3.62. The number of aryl methyl sites for hydroxylation is 1. The van der Waals surface area contributed by atoms with Crippen molar-refractivity contribution >= 4 is 34.9 Å². The van der Waals surface area contributed by atoms with Crippen LogP contribution in [0.3, 0.4) is 0 Å². The van der Waals surface area contributed by atoms with Crippen LogP contribution in [0.1, 0.15) is 15.9 Å². The molecular weight excluding hydrogens is 316 g/mol. The molecule has 0 aliphatic carbocycles. The molecule has 2 aromatic rings. The number of rotatable bonds is 5. The molecular formula is C17H17ClN2O3. The highest BCUT2D eigenvalue weighted by Crippen LogP contribution is 2.19. The van der Waals surface area contributed by atoms with Crippen LogP contribution >= 0.6 is 11.6 Å². The number of hydrogen-bond acceptors (Lipinski definition) is 4. The van der Waals surface area contributed by atoms with Crippen LogP contribution in [0.5, 0.6) is 0 Å². The maximum Gasteiger partial charge on any atom is 0.337 e. The Hall–Kier alpha value is -2.53. The second kappa shape index (κ2) is 7.65. The minimum atomic E-state index is -0.398. The highest BCUT2D eigenvalue weighted by atomic mass is 35.5. The number of hydrogen-bond donors (Lipinski definition) is 2. The maximum absolute atomic E-state index is 11.9. The summed E-state index contributed by atoms with van der Waals surface area (Å²) in [5, 5.41) is 6.34. The third kappa shape index (κ3) is 4.72. The zero-order valence-electron chi connectivity index (χ0n) is 12.9. The molecule has 0 aromatic heterocycles. The molecule has 0 spiro atoms. The number of anilines is 2. The molecule has 2 N–H and O–H groups in total. The number of halogens is 1. The van der Waals surface area contributed by atoms with Crippen molar-refractivity contribution in [3.8, 4) is 0 Å². The van der Waals surface area contributed by atoms with Gasteiger partial charge in [0.2, 0.25) is 5.91 Å². The summed E-state index contributed by atoms with van der Waals surface area (Å²) in [6.07, 6.45) is 0. The third-order valence-electron chi connectivity index (χ3n) is 3.21. The molecule has 120 valence electrons. The van der Waals surface area contributed by atoms with E-state index < -0.39 is 5.97 Å². The van der Waals surface area contributed by atoms with E-state index in [1.54, 1.807) is 36.4 Å². The number of nitrogens with one attached hydrogen (secondary N) is 2. The molecule has 0 saturated heterocycles. The van der Waals surface area contributed by atoms with E-state index in [4.69, 9.17) is 11.6 Å². The van der Waals surface area contributed by atoms with E-state index in [2.05, 4.69) is 15.4 Å². The zero-order valence-corrected chi connectivity index (χ0v) is 13.6. The number of methoxy groups -OCH3 is 1. The van der Waals surface area contributed by atoms with Crippen molar-refractivity contribution < 1.29 is 14.3 Å². The lowest BCUT2D eigenvalue weighted by atomic mass is 10.2. The van der Waals surface area contributed by atoms with E-state index in [0.717, 1.165) is 11.3 Å². The second-order valence-electron chi connectivity index (χ2n) is 4.93. The molecule has 0 bridgehead atoms. The summed E-state index contributed by atoms with van der Waals surface area (Å²) in [7, 11) is 1.33. The maximum atomic E-state index is 11.9. The van der Waals surface area contributed by atoms with Gasteiger partial charge >= 0.3 is 5.97 Å². The molecule has 0 atom stereocenters. The van der Waals surface area contributed by atoms with Crippen molar-refractivity contribution in [2.24, 2.45) is 0 Å². The standard InChI is InChI=1S/C17H17ClN2O3/c1-11-3-6-14(9-15(11)18)20-16(21)10-19-13-7-4-12(5-8-13)17(22)23-2/h3-9,19H,10H2,1-2H3,(H,20,21). The van der Waals surface area contributed by atoms with Gasteiger partial charge in [0.1, 0.15) is 0 Å². The highest BCUT2D eigenvalue weighted by Gasteiger charge is 2.06. The van der Waals surface area contributed by atoms with E-state index in [-0.39, 0.29) is 12.5 Å². The fourth-order valence-corrected chi connectivity index (χ4v) is 2.08. The predicted molar refractivity (Wildman–Crippen MR) is 91.1 cm³/mol. The van der Waals surface area contributed by atoms with Crippen molar-refractivity contribution in [3.05, 3.63) is 58.6 Å². The summed E-state index contributed by atoms with van der Waals surface area (Å²) in [5.74, 6) is -0.590. The quantitative estimate of drug-likeness (QED) is 0.822. The topological polar surface area (TPSA) is 67.4 Å². The number of carbonyl (C=O) groups excluding carboxylic acids is 2. The SMILES string of the molecule is COC(=O)c1ccc(NCC(=O)Nc2ccc(C)c(Cl)c2)cc1. The first-order valence-corrected chi connectivity index (χ1v) is 7.35. The number of carbonyl (C=O) groups is 2. The number of benzene rings is 2.